The Bertz CT molecular complexity index is 1180. The van der Waals surface area contributed by atoms with Gasteiger partial charge >= 0.3 is 0 Å². The number of nitrogens with two attached hydrogens (primary N) is 1. The smallest absolute Gasteiger partial charge is 0.138 e. The van der Waals surface area contributed by atoms with E-state index in [2.05, 4.69) is 89.7 Å². The second-order valence-electron chi connectivity index (χ2n) is 7.61. The number of hydrogen-bond donors (Lipinski definition) is 1. The maximum absolute atomic E-state index is 6.03. The van der Waals surface area contributed by atoms with E-state index in [0.717, 1.165) is 33.5 Å². The molecule has 0 saturated heterocycles. The first-order valence-electron chi connectivity index (χ1n) is 10.4. The molecule has 0 bridgehead atoms. The summed E-state index contributed by atoms with van der Waals surface area (Å²) in [5.41, 5.74) is 11.7. The van der Waals surface area contributed by atoms with Gasteiger partial charge in [-0.15, -0.1) is 0 Å². The number of aromatic nitrogens is 2. The first-order valence-corrected chi connectivity index (χ1v) is 10.4. The Morgan fingerprint density at radius 3 is 1.58 bits per heavy atom. The molecule has 0 spiro atoms. The fraction of sp³-hybridized carbons (Fsp3) is 0.0357. The fourth-order valence-corrected chi connectivity index (χ4v) is 4.31. The summed E-state index contributed by atoms with van der Waals surface area (Å²) in [4.78, 5) is 0. The summed E-state index contributed by atoms with van der Waals surface area (Å²) in [6.45, 7) is 0. The van der Waals surface area contributed by atoms with Crippen LogP contribution in [0, 0.1) is 0 Å². The summed E-state index contributed by atoms with van der Waals surface area (Å²) in [7, 11) is 0. The van der Waals surface area contributed by atoms with Crippen LogP contribution in [-0.2, 0) is 5.54 Å². The highest BCUT2D eigenvalue weighted by Crippen LogP contribution is 2.41. The number of nitrogen functional groups attached to an aromatic ring is 1. The highest BCUT2D eigenvalue weighted by Gasteiger charge is 2.39. The van der Waals surface area contributed by atoms with Gasteiger partial charge in [0.1, 0.15) is 5.54 Å². The molecule has 5 rings (SSSR count). The second kappa shape index (κ2) is 7.96. The predicted molar refractivity (Wildman–Crippen MR) is 127 cm³/mol. The molecule has 0 radical (unpaired) electrons. The standard InChI is InChI=1S/C28H23N3/c29-27-18-10-11-22(19-27)23-20-30-31(21-23)28(24-12-4-1-5-13-24,25-14-6-2-7-15-25)26-16-8-3-9-17-26/h1-21H,29H2. The Morgan fingerprint density at radius 2 is 1.10 bits per heavy atom. The molecule has 1 heterocycles. The molecule has 0 saturated carbocycles. The van der Waals surface area contributed by atoms with Crippen molar-refractivity contribution in [3.63, 3.8) is 0 Å². The Balaban J connectivity index is 1.81. The zero-order valence-corrected chi connectivity index (χ0v) is 17.1. The average Bonchev–Trinajstić information content (AvgIpc) is 3.32. The van der Waals surface area contributed by atoms with E-state index in [-0.39, 0.29) is 0 Å². The summed E-state index contributed by atoms with van der Waals surface area (Å²) >= 11 is 0. The molecule has 31 heavy (non-hydrogen) atoms. The van der Waals surface area contributed by atoms with Crippen molar-refractivity contribution in [1.82, 2.24) is 9.78 Å². The van der Waals surface area contributed by atoms with Crippen LogP contribution in [0.1, 0.15) is 16.7 Å². The van der Waals surface area contributed by atoms with Crippen molar-refractivity contribution in [2.75, 3.05) is 5.73 Å². The number of hydrogen-bond acceptors (Lipinski definition) is 2. The number of anilines is 1. The third-order valence-electron chi connectivity index (χ3n) is 5.72. The maximum Gasteiger partial charge on any atom is 0.138 e. The molecule has 2 N–H and O–H groups in total. The first-order chi connectivity index (χ1) is 15.3. The Kier molecular flexibility index (Phi) is 4.85. The van der Waals surface area contributed by atoms with Gasteiger partial charge in [-0.1, -0.05) is 103 Å². The molecule has 1 aromatic heterocycles. The third-order valence-corrected chi connectivity index (χ3v) is 5.72. The monoisotopic (exact) mass is 401 g/mol. The zero-order valence-electron chi connectivity index (χ0n) is 17.1. The van der Waals surface area contributed by atoms with Gasteiger partial charge in [0, 0.05) is 17.4 Å². The van der Waals surface area contributed by atoms with E-state index in [0.29, 0.717) is 0 Å². The Hall–Kier alpha value is -4.11. The number of rotatable bonds is 5. The fourth-order valence-electron chi connectivity index (χ4n) is 4.31. The van der Waals surface area contributed by atoms with Crippen LogP contribution in [-0.4, -0.2) is 9.78 Å². The molecule has 4 aromatic carbocycles. The molecule has 0 unspecified atom stereocenters. The van der Waals surface area contributed by atoms with Crippen molar-refractivity contribution < 1.29 is 0 Å². The maximum atomic E-state index is 6.03. The van der Waals surface area contributed by atoms with Crippen molar-refractivity contribution in [2.24, 2.45) is 0 Å². The molecular weight excluding hydrogens is 378 g/mol. The number of benzene rings is 4. The highest BCUT2D eigenvalue weighted by atomic mass is 15.3. The van der Waals surface area contributed by atoms with Gasteiger partial charge in [0.05, 0.1) is 6.20 Å². The van der Waals surface area contributed by atoms with E-state index in [1.165, 1.54) is 0 Å². The number of nitrogens with zero attached hydrogens (tertiary/aromatic N) is 2. The Labute approximate surface area is 182 Å². The minimum Gasteiger partial charge on any atom is -0.399 e. The molecule has 0 fully saturated rings. The van der Waals surface area contributed by atoms with Gasteiger partial charge in [0.25, 0.3) is 0 Å². The first kappa shape index (κ1) is 18.9. The molecule has 0 aliphatic carbocycles. The van der Waals surface area contributed by atoms with Crippen LogP contribution in [0.3, 0.4) is 0 Å². The second-order valence-corrected chi connectivity index (χ2v) is 7.61. The van der Waals surface area contributed by atoms with Crippen molar-refractivity contribution in [3.05, 3.63) is 144 Å². The molecule has 150 valence electrons. The van der Waals surface area contributed by atoms with Crippen LogP contribution in [0.15, 0.2) is 128 Å². The van der Waals surface area contributed by atoms with Crippen LogP contribution >= 0.6 is 0 Å². The molecular formula is C28H23N3. The summed E-state index contributed by atoms with van der Waals surface area (Å²) in [5, 5.41) is 4.90. The van der Waals surface area contributed by atoms with Gasteiger partial charge in [-0.05, 0) is 34.4 Å². The largest absolute Gasteiger partial charge is 0.399 e. The SMILES string of the molecule is Nc1cccc(-c2cnn(C(c3ccccc3)(c3ccccc3)c3ccccc3)c2)c1. The van der Waals surface area contributed by atoms with Gasteiger partial charge < -0.3 is 5.73 Å². The molecule has 0 aliphatic rings. The van der Waals surface area contributed by atoms with Gasteiger partial charge in [0.2, 0.25) is 0 Å². The van der Waals surface area contributed by atoms with Crippen molar-refractivity contribution in [3.8, 4) is 11.1 Å². The molecule has 3 nitrogen and oxygen atoms in total. The lowest BCUT2D eigenvalue weighted by atomic mass is 9.77. The quantitative estimate of drug-likeness (QED) is 0.291. The summed E-state index contributed by atoms with van der Waals surface area (Å²) in [6.07, 6.45) is 4.03. The minimum absolute atomic E-state index is 0.609. The van der Waals surface area contributed by atoms with E-state index in [4.69, 9.17) is 10.8 Å². The predicted octanol–water partition coefficient (Wildman–Crippen LogP) is 5.97. The van der Waals surface area contributed by atoms with Crippen molar-refractivity contribution in [2.45, 2.75) is 5.54 Å². The van der Waals surface area contributed by atoms with E-state index < -0.39 is 5.54 Å². The Morgan fingerprint density at radius 1 is 0.581 bits per heavy atom. The topological polar surface area (TPSA) is 43.8 Å². The van der Waals surface area contributed by atoms with E-state index in [9.17, 15) is 0 Å². The minimum atomic E-state index is -0.609. The summed E-state index contributed by atoms with van der Waals surface area (Å²) in [5.74, 6) is 0. The third kappa shape index (κ3) is 3.30. The van der Waals surface area contributed by atoms with Gasteiger partial charge in [-0.3, -0.25) is 4.68 Å². The van der Waals surface area contributed by atoms with Crippen LogP contribution in [0.2, 0.25) is 0 Å². The average molecular weight is 402 g/mol. The lowest BCUT2D eigenvalue weighted by Crippen LogP contribution is -2.38. The summed E-state index contributed by atoms with van der Waals surface area (Å²) in [6, 6.07) is 39.6. The van der Waals surface area contributed by atoms with Gasteiger partial charge in [-0.2, -0.15) is 5.10 Å². The van der Waals surface area contributed by atoms with Crippen LogP contribution in [0.4, 0.5) is 5.69 Å². The molecule has 0 aliphatic heterocycles. The molecule has 5 aromatic rings. The highest BCUT2D eigenvalue weighted by molar-refractivity contribution is 5.66. The van der Waals surface area contributed by atoms with Gasteiger partial charge in [-0.25, -0.2) is 0 Å². The van der Waals surface area contributed by atoms with E-state index in [1.807, 2.05) is 42.6 Å². The van der Waals surface area contributed by atoms with E-state index >= 15 is 0 Å². The lowest BCUT2D eigenvalue weighted by molar-refractivity contribution is 0.460. The van der Waals surface area contributed by atoms with Crippen LogP contribution in [0.5, 0.6) is 0 Å². The molecule has 3 heteroatoms. The van der Waals surface area contributed by atoms with E-state index in [1.54, 1.807) is 0 Å². The van der Waals surface area contributed by atoms with Crippen LogP contribution < -0.4 is 5.73 Å². The normalized spacial score (nSPS) is 11.4. The van der Waals surface area contributed by atoms with Crippen molar-refractivity contribution in [1.29, 1.82) is 0 Å². The van der Waals surface area contributed by atoms with Crippen molar-refractivity contribution >= 4 is 5.69 Å². The van der Waals surface area contributed by atoms with Crippen LogP contribution in [0.25, 0.3) is 11.1 Å². The molecule has 0 atom stereocenters. The zero-order chi connectivity index (χ0) is 21.1. The molecule has 0 amide bonds. The van der Waals surface area contributed by atoms with Gasteiger partial charge in [0.15, 0.2) is 0 Å². The lowest BCUT2D eigenvalue weighted by Gasteiger charge is -2.36. The summed E-state index contributed by atoms with van der Waals surface area (Å²) < 4.78 is 2.07.